The standard InChI is InChI=1S/C9H9IN2O4/c10-6-2-1-3-7(4-6)11-9(15)12-16-5-8(13)14/h1-4H,5H2,(H,13,14)(H2,11,12,15). The first-order valence-corrected chi connectivity index (χ1v) is 5.32. The molecular weight excluding hydrogens is 327 g/mol. The summed E-state index contributed by atoms with van der Waals surface area (Å²) in [6, 6.07) is 6.51. The minimum atomic E-state index is -1.16. The number of hydrogen-bond acceptors (Lipinski definition) is 3. The Balaban J connectivity index is 2.37. The van der Waals surface area contributed by atoms with Gasteiger partial charge in [0.1, 0.15) is 0 Å². The largest absolute Gasteiger partial charge is 0.479 e. The second kappa shape index (κ2) is 6.28. The van der Waals surface area contributed by atoms with Gasteiger partial charge in [0.15, 0.2) is 6.61 Å². The molecule has 0 aliphatic heterocycles. The third kappa shape index (κ3) is 4.94. The third-order valence-electron chi connectivity index (χ3n) is 1.44. The summed E-state index contributed by atoms with van der Waals surface area (Å²) in [6.45, 7) is -0.584. The summed E-state index contributed by atoms with van der Waals surface area (Å²) in [5.74, 6) is -1.16. The zero-order valence-electron chi connectivity index (χ0n) is 8.07. The number of carbonyl (C=O) groups excluding carboxylic acids is 1. The quantitative estimate of drug-likeness (QED) is 0.573. The molecule has 1 rings (SSSR count). The Hall–Kier alpha value is -1.35. The van der Waals surface area contributed by atoms with E-state index in [4.69, 9.17) is 5.11 Å². The number of anilines is 1. The van der Waals surface area contributed by atoms with E-state index >= 15 is 0 Å². The number of carbonyl (C=O) groups is 2. The Kier molecular flexibility index (Phi) is 4.99. The highest BCUT2D eigenvalue weighted by Crippen LogP contribution is 2.11. The highest BCUT2D eigenvalue weighted by molar-refractivity contribution is 14.1. The summed E-state index contributed by atoms with van der Waals surface area (Å²) in [5.41, 5.74) is 2.55. The van der Waals surface area contributed by atoms with Crippen LogP contribution >= 0.6 is 22.6 Å². The van der Waals surface area contributed by atoms with Crippen LogP contribution < -0.4 is 10.8 Å². The van der Waals surface area contributed by atoms with Gasteiger partial charge in [0.2, 0.25) is 0 Å². The maximum Gasteiger partial charge on any atom is 0.343 e. The van der Waals surface area contributed by atoms with Crippen molar-refractivity contribution in [3.8, 4) is 0 Å². The van der Waals surface area contributed by atoms with E-state index in [2.05, 4.69) is 32.7 Å². The van der Waals surface area contributed by atoms with Crippen LogP contribution in [-0.2, 0) is 9.63 Å². The Morgan fingerprint density at radius 3 is 2.81 bits per heavy atom. The molecular formula is C9H9IN2O4. The first-order chi connectivity index (χ1) is 7.58. The number of benzene rings is 1. The zero-order chi connectivity index (χ0) is 12.0. The molecule has 2 amide bonds. The van der Waals surface area contributed by atoms with Crippen LogP contribution in [0.1, 0.15) is 0 Å². The molecule has 0 heterocycles. The van der Waals surface area contributed by atoms with Gasteiger partial charge in [0.05, 0.1) is 0 Å². The van der Waals surface area contributed by atoms with Crippen LogP contribution in [0.4, 0.5) is 10.5 Å². The van der Waals surface area contributed by atoms with Gasteiger partial charge >= 0.3 is 12.0 Å². The van der Waals surface area contributed by atoms with Crippen LogP contribution in [0.15, 0.2) is 24.3 Å². The van der Waals surface area contributed by atoms with Crippen molar-refractivity contribution in [2.24, 2.45) is 0 Å². The highest BCUT2D eigenvalue weighted by Gasteiger charge is 2.03. The zero-order valence-corrected chi connectivity index (χ0v) is 10.2. The molecule has 0 aliphatic rings. The van der Waals surface area contributed by atoms with Gasteiger partial charge in [-0.15, -0.1) is 0 Å². The number of aliphatic carboxylic acids is 1. The second-order valence-corrected chi connectivity index (χ2v) is 3.99. The lowest BCUT2D eigenvalue weighted by molar-refractivity contribution is -0.143. The van der Waals surface area contributed by atoms with E-state index in [1.165, 1.54) is 0 Å². The molecule has 0 saturated carbocycles. The lowest BCUT2D eigenvalue weighted by Gasteiger charge is -2.06. The molecule has 0 fully saturated rings. The molecule has 1 aromatic rings. The number of carboxylic acid groups (broad SMARTS) is 1. The molecule has 0 bridgehead atoms. The highest BCUT2D eigenvalue weighted by atomic mass is 127. The van der Waals surface area contributed by atoms with Gasteiger partial charge in [0, 0.05) is 9.26 Å². The molecule has 0 spiro atoms. The summed E-state index contributed by atoms with van der Waals surface area (Å²) in [4.78, 5) is 25.6. The molecule has 16 heavy (non-hydrogen) atoms. The summed E-state index contributed by atoms with van der Waals surface area (Å²) in [6.07, 6.45) is 0. The monoisotopic (exact) mass is 336 g/mol. The predicted octanol–water partition coefficient (Wildman–Crippen LogP) is 1.43. The molecule has 7 heteroatoms. The van der Waals surface area contributed by atoms with Gasteiger partial charge in [0.25, 0.3) is 0 Å². The van der Waals surface area contributed by atoms with Crippen molar-refractivity contribution in [2.75, 3.05) is 11.9 Å². The minimum Gasteiger partial charge on any atom is -0.479 e. The fourth-order valence-electron chi connectivity index (χ4n) is 0.886. The van der Waals surface area contributed by atoms with Crippen molar-refractivity contribution in [3.63, 3.8) is 0 Å². The van der Waals surface area contributed by atoms with Crippen molar-refractivity contribution in [2.45, 2.75) is 0 Å². The molecule has 6 nitrogen and oxygen atoms in total. The number of nitrogens with one attached hydrogen (secondary N) is 2. The maximum atomic E-state index is 11.2. The molecule has 86 valence electrons. The molecule has 0 aliphatic carbocycles. The summed E-state index contributed by atoms with van der Waals surface area (Å²) >= 11 is 2.11. The summed E-state index contributed by atoms with van der Waals surface area (Å²) in [7, 11) is 0. The average molecular weight is 336 g/mol. The number of urea groups is 1. The number of hydrogen-bond donors (Lipinski definition) is 3. The average Bonchev–Trinajstić information content (AvgIpc) is 2.16. The van der Waals surface area contributed by atoms with Crippen LogP contribution in [0, 0.1) is 3.57 Å². The minimum absolute atomic E-state index is 0.584. The normalized spacial score (nSPS) is 9.56. The van der Waals surface area contributed by atoms with E-state index in [9.17, 15) is 9.59 Å². The predicted molar refractivity (Wildman–Crippen MR) is 64.9 cm³/mol. The molecule has 1 aromatic carbocycles. The number of hydroxylamine groups is 1. The lowest BCUT2D eigenvalue weighted by atomic mass is 10.3. The van der Waals surface area contributed by atoms with Gasteiger partial charge in [-0.3, -0.25) is 4.84 Å². The van der Waals surface area contributed by atoms with Crippen LogP contribution in [0.2, 0.25) is 0 Å². The Morgan fingerprint density at radius 2 is 2.19 bits per heavy atom. The van der Waals surface area contributed by atoms with Gasteiger partial charge < -0.3 is 10.4 Å². The number of amides is 2. The molecule has 0 aromatic heterocycles. The van der Waals surface area contributed by atoms with E-state index in [1.54, 1.807) is 18.2 Å². The maximum absolute atomic E-state index is 11.2. The van der Waals surface area contributed by atoms with Gasteiger partial charge in [-0.1, -0.05) is 6.07 Å². The number of rotatable bonds is 4. The Labute approximate surface area is 105 Å². The Bertz CT molecular complexity index is 397. The summed E-state index contributed by atoms with van der Waals surface area (Å²) < 4.78 is 0.974. The van der Waals surface area contributed by atoms with Crippen molar-refractivity contribution in [1.29, 1.82) is 0 Å². The first kappa shape index (κ1) is 12.7. The smallest absolute Gasteiger partial charge is 0.343 e. The van der Waals surface area contributed by atoms with E-state index in [1.807, 2.05) is 11.5 Å². The molecule has 0 atom stereocenters. The number of carboxylic acids is 1. The molecule has 0 radical (unpaired) electrons. The van der Waals surface area contributed by atoms with Crippen molar-refractivity contribution < 1.29 is 19.5 Å². The van der Waals surface area contributed by atoms with Crippen molar-refractivity contribution in [3.05, 3.63) is 27.8 Å². The molecule has 0 unspecified atom stereocenters. The van der Waals surface area contributed by atoms with E-state index in [0.717, 1.165) is 3.57 Å². The number of halogens is 1. The Morgan fingerprint density at radius 1 is 1.44 bits per heavy atom. The topological polar surface area (TPSA) is 87.7 Å². The lowest BCUT2D eigenvalue weighted by Crippen LogP contribution is -2.30. The van der Waals surface area contributed by atoms with E-state index in [-0.39, 0.29) is 0 Å². The van der Waals surface area contributed by atoms with Gasteiger partial charge in [-0.2, -0.15) is 0 Å². The van der Waals surface area contributed by atoms with Gasteiger partial charge in [-0.05, 0) is 40.8 Å². The van der Waals surface area contributed by atoms with Crippen molar-refractivity contribution >= 4 is 40.3 Å². The fraction of sp³-hybridized carbons (Fsp3) is 0.111. The van der Waals surface area contributed by atoms with E-state index in [0.29, 0.717) is 5.69 Å². The third-order valence-corrected chi connectivity index (χ3v) is 2.11. The second-order valence-electron chi connectivity index (χ2n) is 2.75. The van der Waals surface area contributed by atoms with E-state index < -0.39 is 18.6 Å². The van der Waals surface area contributed by atoms with Crippen LogP contribution in [0.25, 0.3) is 0 Å². The SMILES string of the molecule is O=C(O)CONC(=O)Nc1cccc(I)c1. The molecule has 0 saturated heterocycles. The van der Waals surface area contributed by atoms with Crippen molar-refractivity contribution in [1.82, 2.24) is 5.48 Å². The van der Waals surface area contributed by atoms with Crippen LogP contribution in [-0.4, -0.2) is 23.7 Å². The fourth-order valence-corrected chi connectivity index (χ4v) is 1.43. The molecule has 3 N–H and O–H groups in total. The summed E-state index contributed by atoms with van der Waals surface area (Å²) in [5, 5.41) is 10.7. The van der Waals surface area contributed by atoms with Crippen LogP contribution in [0.5, 0.6) is 0 Å². The van der Waals surface area contributed by atoms with Crippen LogP contribution in [0.3, 0.4) is 0 Å². The first-order valence-electron chi connectivity index (χ1n) is 4.24. The van der Waals surface area contributed by atoms with Gasteiger partial charge in [-0.25, -0.2) is 15.1 Å².